The van der Waals surface area contributed by atoms with Gasteiger partial charge in [0, 0.05) is 50.0 Å². The quantitative estimate of drug-likeness (QED) is 0.302. The van der Waals surface area contributed by atoms with Crippen LogP contribution in [0.2, 0.25) is 0 Å². The van der Waals surface area contributed by atoms with Gasteiger partial charge in [-0.15, -0.1) is 0 Å². The van der Waals surface area contributed by atoms with Gasteiger partial charge in [-0.1, -0.05) is 39.3 Å². The molecular weight excluding hydrogens is 655 g/mol. The van der Waals surface area contributed by atoms with Gasteiger partial charge >= 0.3 is 5.97 Å². The molecule has 4 saturated carbocycles. The van der Waals surface area contributed by atoms with E-state index in [1.54, 1.807) is 0 Å². The van der Waals surface area contributed by atoms with Gasteiger partial charge in [-0.2, -0.15) is 0 Å². The van der Waals surface area contributed by atoms with Crippen LogP contribution in [0.5, 0.6) is 0 Å². The monoisotopic (exact) mass is 703 g/mol. The molecule has 4 aliphatic rings. The van der Waals surface area contributed by atoms with Crippen LogP contribution in [0.3, 0.4) is 0 Å². The van der Waals surface area contributed by atoms with E-state index in [4.69, 9.17) is 0 Å². The third-order valence-corrected chi connectivity index (χ3v) is 11.8. The minimum atomic E-state index is -0.817. The van der Waals surface area contributed by atoms with Crippen LogP contribution < -0.4 is 0 Å². The first-order chi connectivity index (χ1) is 15.8. The van der Waals surface area contributed by atoms with Crippen molar-refractivity contribution in [2.24, 2.45) is 51.8 Å². The summed E-state index contributed by atoms with van der Waals surface area (Å²) < 4.78 is 0. The Morgan fingerprint density at radius 1 is 0.971 bits per heavy atom. The first kappa shape index (κ1) is 30.1. The molecular formula is C29H48AcO5. The van der Waals surface area contributed by atoms with Crippen molar-refractivity contribution >= 4 is 5.97 Å². The SMILES string of the molecule is CC(C)=CCCC(C(=O)O)C1C(O)CC2(C)C1CC(O)C1C3(C)CCC(O)C(C)C3CCC12C.[Ac]. The van der Waals surface area contributed by atoms with E-state index < -0.39 is 24.1 Å². The minimum Gasteiger partial charge on any atom is -0.481 e. The van der Waals surface area contributed by atoms with Crippen LogP contribution in [0.4, 0.5) is 0 Å². The molecule has 0 aromatic rings. The molecule has 4 rings (SSSR count). The smallest absolute Gasteiger partial charge is 0.306 e. The number of carbonyl (C=O) groups is 1. The predicted molar refractivity (Wildman–Crippen MR) is 133 cm³/mol. The molecule has 0 amide bonds. The molecule has 197 valence electrons. The van der Waals surface area contributed by atoms with Crippen LogP contribution in [-0.4, -0.2) is 44.7 Å². The maximum absolute atomic E-state index is 12.4. The maximum Gasteiger partial charge on any atom is 0.306 e. The number of hydrogen-bond acceptors (Lipinski definition) is 4. The Morgan fingerprint density at radius 2 is 1.63 bits per heavy atom. The van der Waals surface area contributed by atoms with Gasteiger partial charge in [0.15, 0.2) is 0 Å². The van der Waals surface area contributed by atoms with Crippen molar-refractivity contribution in [1.29, 1.82) is 0 Å². The first-order valence-electron chi connectivity index (χ1n) is 13.7. The van der Waals surface area contributed by atoms with Crippen LogP contribution in [0.25, 0.3) is 0 Å². The third kappa shape index (κ3) is 4.66. The molecule has 0 heterocycles. The molecule has 1 radical (unpaired) electrons. The Bertz CT molecular complexity index is 826. The fourth-order valence-corrected chi connectivity index (χ4v) is 10.1. The number of carboxylic acid groups (broad SMARTS) is 1. The van der Waals surface area contributed by atoms with Gasteiger partial charge in [-0.3, -0.25) is 4.79 Å². The molecule has 4 fully saturated rings. The molecule has 0 aromatic carbocycles. The van der Waals surface area contributed by atoms with Crippen LogP contribution in [0, 0.1) is 95.8 Å². The number of hydrogen-bond donors (Lipinski definition) is 4. The minimum absolute atomic E-state index is 0. The third-order valence-electron chi connectivity index (χ3n) is 11.8. The molecule has 0 saturated heterocycles. The molecule has 35 heavy (non-hydrogen) atoms. The second kappa shape index (κ2) is 10.6. The van der Waals surface area contributed by atoms with Crippen molar-refractivity contribution in [3.05, 3.63) is 11.6 Å². The normalized spacial score (nSPS) is 49.6. The molecule has 4 aliphatic carbocycles. The molecule has 0 aliphatic heterocycles. The number of aliphatic hydroxyl groups is 3. The second-order valence-corrected chi connectivity index (χ2v) is 13.5. The Labute approximate surface area is 248 Å². The molecule has 0 aromatic heterocycles. The van der Waals surface area contributed by atoms with Gasteiger partial charge in [0.05, 0.1) is 24.2 Å². The molecule has 5 nitrogen and oxygen atoms in total. The zero-order chi connectivity index (χ0) is 25.2. The molecule has 4 N–H and O–H groups in total. The van der Waals surface area contributed by atoms with E-state index in [1.165, 1.54) is 5.57 Å². The summed E-state index contributed by atoms with van der Waals surface area (Å²) in [7, 11) is 0. The van der Waals surface area contributed by atoms with Gasteiger partial charge in [0.1, 0.15) is 0 Å². The topological polar surface area (TPSA) is 98.0 Å². The van der Waals surface area contributed by atoms with Crippen molar-refractivity contribution in [2.75, 3.05) is 0 Å². The summed E-state index contributed by atoms with van der Waals surface area (Å²) in [6.07, 6.45) is 6.80. The summed E-state index contributed by atoms with van der Waals surface area (Å²) in [5, 5.41) is 43.9. The van der Waals surface area contributed by atoms with Gasteiger partial charge in [0.25, 0.3) is 0 Å². The number of carboxylic acids is 1. The number of aliphatic hydroxyl groups excluding tert-OH is 3. The summed E-state index contributed by atoms with van der Waals surface area (Å²) in [5.74, 6) is -1.01. The Kier molecular flexibility index (Phi) is 9.11. The summed E-state index contributed by atoms with van der Waals surface area (Å²) >= 11 is 0. The van der Waals surface area contributed by atoms with Crippen molar-refractivity contribution < 1.29 is 69.3 Å². The van der Waals surface area contributed by atoms with E-state index in [9.17, 15) is 25.2 Å². The number of rotatable bonds is 5. The summed E-state index contributed by atoms with van der Waals surface area (Å²) in [6, 6.07) is 0. The van der Waals surface area contributed by atoms with E-state index in [0.29, 0.717) is 31.6 Å². The van der Waals surface area contributed by atoms with E-state index in [0.717, 1.165) is 25.7 Å². The second-order valence-electron chi connectivity index (χ2n) is 13.5. The van der Waals surface area contributed by atoms with Gasteiger partial charge in [0.2, 0.25) is 0 Å². The van der Waals surface area contributed by atoms with Gasteiger partial charge in [-0.25, -0.2) is 0 Å². The van der Waals surface area contributed by atoms with Crippen molar-refractivity contribution in [1.82, 2.24) is 0 Å². The standard InChI is InChI=1S/C29H48O5.Ac/c1-16(2)8-7-9-18(26(33)34)24-20-14-22(31)25-27(4)12-11-21(30)17(3)19(27)10-13-28(25,5)29(20,6)15-23(24)32;/h8,17-25,30-32H,7,9-15H2,1-6H3,(H,33,34);. The Morgan fingerprint density at radius 3 is 2.23 bits per heavy atom. The average Bonchev–Trinajstić information content (AvgIpc) is 2.99. The van der Waals surface area contributed by atoms with Crippen LogP contribution in [-0.2, 0) is 4.79 Å². The van der Waals surface area contributed by atoms with E-state index in [-0.39, 0.29) is 90.1 Å². The summed E-state index contributed by atoms with van der Waals surface area (Å²) in [5.41, 5.74) is 0.763. The maximum atomic E-state index is 12.4. The van der Waals surface area contributed by atoms with Crippen molar-refractivity contribution in [3.8, 4) is 0 Å². The fraction of sp³-hybridized carbons (Fsp3) is 0.897. The fourth-order valence-electron chi connectivity index (χ4n) is 10.1. The van der Waals surface area contributed by atoms with Crippen LogP contribution >= 0.6 is 0 Å². The van der Waals surface area contributed by atoms with E-state index in [2.05, 4.69) is 33.8 Å². The Hall–Kier alpha value is 0.532. The molecule has 6 heteroatoms. The molecule has 0 spiro atoms. The zero-order valence-corrected chi connectivity index (χ0v) is 27.5. The van der Waals surface area contributed by atoms with Gasteiger partial charge in [-0.05, 0) is 105 Å². The average molecular weight is 704 g/mol. The predicted octanol–water partition coefficient (Wildman–Crippen LogP) is 5.03. The van der Waals surface area contributed by atoms with Crippen molar-refractivity contribution in [3.63, 3.8) is 0 Å². The number of allylic oxidation sites excluding steroid dienone is 2. The molecule has 12 unspecified atom stereocenters. The molecule has 0 bridgehead atoms. The van der Waals surface area contributed by atoms with Gasteiger partial charge < -0.3 is 20.4 Å². The van der Waals surface area contributed by atoms with Crippen molar-refractivity contribution in [2.45, 2.75) is 111 Å². The first-order valence-corrected chi connectivity index (χ1v) is 13.7. The zero-order valence-electron chi connectivity index (χ0n) is 22.7. The molecule has 12 atom stereocenters. The van der Waals surface area contributed by atoms with E-state index in [1.807, 2.05) is 13.8 Å². The van der Waals surface area contributed by atoms with Crippen LogP contribution in [0.15, 0.2) is 11.6 Å². The Balaban J connectivity index is 0.00000342. The largest absolute Gasteiger partial charge is 0.481 e. The van der Waals surface area contributed by atoms with Crippen LogP contribution in [0.1, 0.15) is 92.9 Å². The van der Waals surface area contributed by atoms with E-state index >= 15 is 0 Å². The summed E-state index contributed by atoms with van der Waals surface area (Å²) in [4.78, 5) is 12.4. The number of aliphatic carboxylic acids is 1. The number of fused-ring (bicyclic) bond motifs is 5. The summed E-state index contributed by atoms with van der Waals surface area (Å²) in [6.45, 7) is 13.2.